The predicted molar refractivity (Wildman–Crippen MR) is 136 cm³/mol. The molecule has 36 heavy (non-hydrogen) atoms. The standard InChI is InChI=1S/C28H36N2O6/c1-5-34-28(33)36-25-12-8-23(9-13-25)27(32)30-16-14-21(15-17-30)18-29-26(31)20(4)35-24-10-6-22(7-11-24)19(2)3/h6-13,19-21H,5,14-18H2,1-4H3,(H,29,31). The van der Waals surface area contributed by atoms with E-state index in [4.69, 9.17) is 14.2 Å². The largest absolute Gasteiger partial charge is 0.513 e. The molecule has 0 radical (unpaired) electrons. The van der Waals surface area contributed by atoms with Crippen LogP contribution in [0.25, 0.3) is 0 Å². The first kappa shape index (κ1) is 27.0. The lowest BCUT2D eigenvalue weighted by Gasteiger charge is -2.32. The molecule has 3 rings (SSSR count). The van der Waals surface area contributed by atoms with Crippen LogP contribution in [0, 0.1) is 5.92 Å². The van der Waals surface area contributed by atoms with Crippen LogP contribution in [0.4, 0.5) is 4.79 Å². The maximum Gasteiger partial charge on any atom is 0.513 e. The van der Waals surface area contributed by atoms with Crippen LogP contribution in [0.3, 0.4) is 0 Å². The lowest BCUT2D eigenvalue weighted by atomic mass is 9.96. The Labute approximate surface area is 212 Å². The SMILES string of the molecule is CCOC(=O)Oc1ccc(C(=O)N2CCC(CNC(=O)C(C)Oc3ccc(C(C)C)cc3)CC2)cc1. The first-order valence-electron chi connectivity index (χ1n) is 12.5. The zero-order chi connectivity index (χ0) is 26.1. The Hall–Kier alpha value is -3.55. The lowest BCUT2D eigenvalue weighted by molar-refractivity contribution is -0.127. The second-order valence-corrected chi connectivity index (χ2v) is 9.27. The Bertz CT molecular complexity index is 1010. The summed E-state index contributed by atoms with van der Waals surface area (Å²) in [6.45, 7) is 9.74. The summed E-state index contributed by atoms with van der Waals surface area (Å²) in [7, 11) is 0. The summed E-state index contributed by atoms with van der Waals surface area (Å²) >= 11 is 0. The second-order valence-electron chi connectivity index (χ2n) is 9.27. The summed E-state index contributed by atoms with van der Waals surface area (Å²) in [6, 6.07) is 14.3. The third kappa shape index (κ3) is 7.73. The molecule has 2 aromatic carbocycles. The van der Waals surface area contributed by atoms with Gasteiger partial charge in [0.25, 0.3) is 11.8 Å². The minimum Gasteiger partial charge on any atom is -0.481 e. The molecule has 0 bridgehead atoms. The zero-order valence-electron chi connectivity index (χ0n) is 21.5. The lowest BCUT2D eigenvalue weighted by Crippen LogP contribution is -2.43. The molecule has 2 amide bonds. The fourth-order valence-corrected chi connectivity index (χ4v) is 4.01. The van der Waals surface area contributed by atoms with Crippen molar-refractivity contribution < 1.29 is 28.6 Å². The summed E-state index contributed by atoms with van der Waals surface area (Å²) in [5.74, 6) is 1.53. The highest BCUT2D eigenvalue weighted by Gasteiger charge is 2.25. The van der Waals surface area contributed by atoms with Crippen LogP contribution in [0.2, 0.25) is 0 Å². The molecule has 1 atom stereocenters. The summed E-state index contributed by atoms with van der Waals surface area (Å²) in [6.07, 6.45) is 0.253. The van der Waals surface area contributed by atoms with Gasteiger partial charge < -0.3 is 24.4 Å². The Kier molecular flexibility index (Phi) is 9.73. The quantitative estimate of drug-likeness (QED) is 0.397. The number of nitrogens with zero attached hydrogens (tertiary/aromatic N) is 1. The molecule has 0 spiro atoms. The average molecular weight is 497 g/mol. The normalized spacial score (nSPS) is 14.8. The van der Waals surface area contributed by atoms with Crippen molar-refractivity contribution >= 4 is 18.0 Å². The average Bonchev–Trinajstić information content (AvgIpc) is 2.88. The molecule has 1 aliphatic heterocycles. The Balaban J connectivity index is 1.40. The van der Waals surface area contributed by atoms with Crippen LogP contribution in [0.15, 0.2) is 48.5 Å². The van der Waals surface area contributed by atoms with E-state index >= 15 is 0 Å². The third-order valence-corrected chi connectivity index (χ3v) is 6.26. The van der Waals surface area contributed by atoms with E-state index in [0.29, 0.717) is 48.5 Å². The third-order valence-electron chi connectivity index (χ3n) is 6.26. The molecule has 0 saturated carbocycles. The molecule has 2 aromatic rings. The van der Waals surface area contributed by atoms with Crippen molar-refractivity contribution in [1.82, 2.24) is 10.2 Å². The van der Waals surface area contributed by atoms with Gasteiger partial charge in [0.1, 0.15) is 11.5 Å². The number of piperidine rings is 1. The maximum atomic E-state index is 12.8. The van der Waals surface area contributed by atoms with Gasteiger partial charge in [-0.3, -0.25) is 9.59 Å². The van der Waals surface area contributed by atoms with Crippen molar-refractivity contribution in [3.05, 3.63) is 59.7 Å². The summed E-state index contributed by atoms with van der Waals surface area (Å²) in [5.41, 5.74) is 1.76. The van der Waals surface area contributed by atoms with Crippen LogP contribution in [0.5, 0.6) is 11.5 Å². The van der Waals surface area contributed by atoms with Gasteiger partial charge in [0.05, 0.1) is 6.61 Å². The highest BCUT2D eigenvalue weighted by atomic mass is 16.7. The second kappa shape index (κ2) is 13.0. The number of benzene rings is 2. The van der Waals surface area contributed by atoms with Crippen molar-refractivity contribution in [3.8, 4) is 11.5 Å². The van der Waals surface area contributed by atoms with Crippen LogP contribution >= 0.6 is 0 Å². The minimum absolute atomic E-state index is 0.0642. The number of ether oxygens (including phenoxy) is 3. The van der Waals surface area contributed by atoms with E-state index in [1.165, 1.54) is 5.56 Å². The molecule has 1 fully saturated rings. The summed E-state index contributed by atoms with van der Waals surface area (Å²) in [4.78, 5) is 38.6. The number of hydrogen-bond acceptors (Lipinski definition) is 6. The fourth-order valence-electron chi connectivity index (χ4n) is 4.01. The molecule has 0 aliphatic carbocycles. The Morgan fingerprint density at radius 1 is 0.944 bits per heavy atom. The van der Waals surface area contributed by atoms with Crippen molar-refractivity contribution in [3.63, 3.8) is 0 Å². The van der Waals surface area contributed by atoms with Gasteiger partial charge in [0.15, 0.2) is 6.10 Å². The molecule has 1 aliphatic rings. The van der Waals surface area contributed by atoms with Crippen LogP contribution < -0.4 is 14.8 Å². The molecule has 1 unspecified atom stereocenters. The van der Waals surface area contributed by atoms with Gasteiger partial charge in [-0.25, -0.2) is 4.79 Å². The number of carbonyl (C=O) groups is 3. The van der Waals surface area contributed by atoms with E-state index in [2.05, 4.69) is 19.2 Å². The van der Waals surface area contributed by atoms with E-state index in [9.17, 15) is 14.4 Å². The van der Waals surface area contributed by atoms with Crippen molar-refractivity contribution in [2.75, 3.05) is 26.2 Å². The van der Waals surface area contributed by atoms with Crippen LogP contribution in [-0.2, 0) is 9.53 Å². The molecule has 1 saturated heterocycles. The van der Waals surface area contributed by atoms with Gasteiger partial charge in [0, 0.05) is 25.2 Å². The number of nitrogens with one attached hydrogen (secondary N) is 1. The van der Waals surface area contributed by atoms with E-state index in [1.54, 1.807) is 38.1 Å². The van der Waals surface area contributed by atoms with Crippen molar-refractivity contribution in [2.45, 2.75) is 52.6 Å². The van der Waals surface area contributed by atoms with Gasteiger partial charge >= 0.3 is 6.16 Å². The smallest absolute Gasteiger partial charge is 0.481 e. The molecule has 0 aromatic heterocycles. The number of amides is 2. The predicted octanol–water partition coefficient (Wildman–Crippen LogP) is 4.78. The van der Waals surface area contributed by atoms with E-state index in [0.717, 1.165) is 12.8 Å². The summed E-state index contributed by atoms with van der Waals surface area (Å²) < 4.78 is 15.6. The molecular formula is C28H36N2O6. The van der Waals surface area contributed by atoms with Gasteiger partial charge in [0.2, 0.25) is 0 Å². The zero-order valence-corrected chi connectivity index (χ0v) is 21.5. The molecule has 8 nitrogen and oxygen atoms in total. The van der Waals surface area contributed by atoms with Crippen LogP contribution in [0.1, 0.15) is 62.4 Å². The Morgan fingerprint density at radius 2 is 1.56 bits per heavy atom. The molecular weight excluding hydrogens is 460 g/mol. The Morgan fingerprint density at radius 3 is 2.14 bits per heavy atom. The monoisotopic (exact) mass is 496 g/mol. The van der Waals surface area contributed by atoms with Crippen LogP contribution in [-0.4, -0.2) is 55.2 Å². The van der Waals surface area contributed by atoms with E-state index in [1.807, 2.05) is 29.2 Å². The topological polar surface area (TPSA) is 94.2 Å². The van der Waals surface area contributed by atoms with Crippen molar-refractivity contribution in [1.29, 1.82) is 0 Å². The molecule has 1 N–H and O–H groups in total. The number of hydrogen-bond donors (Lipinski definition) is 1. The van der Waals surface area contributed by atoms with Gasteiger partial charge in [-0.2, -0.15) is 0 Å². The highest BCUT2D eigenvalue weighted by Crippen LogP contribution is 2.21. The highest BCUT2D eigenvalue weighted by molar-refractivity contribution is 5.94. The minimum atomic E-state index is -0.771. The first-order chi connectivity index (χ1) is 17.3. The maximum absolute atomic E-state index is 12.8. The fraction of sp³-hybridized carbons (Fsp3) is 0.464. The molecule has 8 heteroatoms. The van der Waals surface area contributed by atoms with E-state index < -0.39 is 12.3 Å². The number of carbonyl (C=O) groups excluding carboxylic acids is 3. The summed E-state index contributed by atoms with van der Waals surface area (Å²) in [5, 5.41) is 2.99. The van der Waals surface area contributed by atoms with Crippen molar-refractivity contribution in [2.24, 2.45) is 5.92 Å². The number of rotatable bonds is 9. The molecule has 1 heterocycles. The molecule has 194 valence electrons. The van der Waals surface area contributed by atoms with Gasteiger partial charge in [-0.15, -0.1) is 0 Å². The van der Waals surface area contributed by atoms with Gasteiger partial charge in [-0.1, -0.05) is 26.0 Å². The van der Waals surface area contributed by atoms with E-state index in [-0.39, 0.29) is 18.4 Å². The number of likely N-dealkylation sites (tertiary alicyclic amines) is 1. The van der Waals surface area contributed by atoms with Gasteiger partial charge in [-0.05, 0) is 80.5 Å². The first-order valence-corrected chi connectivity index (χ1v) is 12.5.